The summed E-state index contributed by atoms with van der Waals surface area (Å²) in [6.07, 6.45) is 7.77. The second kappa shape index (κ2) is 13.6. The van der Waals surface area contributed by atoms with Gasteiger partial charge in [0, 0.05) is 24.6 Å². The Balaban J connectivity index is 1.66. The van der Waals surface area contributed by atoms with Crippen LogP contribution in [-0.4, -0.2) is 32.1 Å². The first-order chi connectivity index (χ1) is 17.2. The van der Waals surface area contributed by atoms with Gasteiger partial charge in [0.1, 0.15) is 11.4 Å². The van der Waals surface area contributed by atoms with Gasteiger partial charge in [0.2, 0.25) is 0 Å². The number of anilines is 2. The van der Waals surface area contributed by atoms with Crippen molar-refractivity contribution in [2.45, 2.75) is 38.5 Å². The molecule has 0 radical (unpaired) electrons. The average Bonchev–Trinajstić information content (AvgIpc) is 2.84. The van der Waals surface area contributed by atoms with E-state index in [1.807, 2.05) is 0 Å². The highest BCUT2D eigenvalue weighted by Gasteiger charge is 2.20. The third kappa shape index (κ3) is 8.40. The summed E-state index contributed by atoms with van der Waals surface area (Å²) in [5.41, 5.74) is 3.49. The Morgan fingerprint density at radius 2 is 1.00 bits per heavy atom. The highest BCUT2D eigenvalue weighted by molar-refractivity contribution is 5.68. The number of nitrogens with zero attached hydrogens (tertiary/aromatic N) is 6. The Morgan fingerprint density at radius 1 is 0.611 bits per heavy atom. The van der Waals surface area contributed by atoms with Gasteiger partial charge in [-0.15, -0.1) is 0 Å². The standard InChI is InChI=1S/C20H22N8O8/c29-25(30)15-7-9-17(19(13-15)27(33)34)23-21-11-5-3-1-2-4-6-12-22-24-18-10-8-16(26(31)32)14-20(18)28(35)36/h7-14,23-24H,1-6H2/b21-11-,22-12+. The third-order valence-corrected chi connectivity index (χ3v) is 4.75. The lowest BCUT2D eigenvalue weighted by Crippen LogP contribution is -1.98. The van der Waals surface area contributed by atoms with Crippen molar-refractivity contribution in [3.63, 3.8) is 0 Å². The first-order valence-electron chi connectivity index (χ1n) is 10.6. The molecule has 2 aromatic rings. The molecule has 0 fully saturated rings. The van der Waals surface area contributed by atoms with E-state index in [4.69, 9.17) is 0 Å². The highest BCUT2D eigenvalue weighted by atomic mass is 16.6. The summed E-state index contributed by atoms with van der Waals surface area (Å²) in [6, 6.07) is 6.48. The van der Waals surface area contributed by atoms with Gasteiger partial charge in [-0.2, -0.15) is 10.2 Å². The van der Waals surface area contributed by atoms with E-state index >= 15 is 0 Å². The number of nitro groups is 4. The van der Waals surface area contributed by atoms with Crippen molar-refractivity contribution in [2.24, 2.45) is 10.2 Å². The quantitative estimate of drug-likeness (QED) is 0.141. The zero-order valence-electron chi connectivity index (χ0n) is 18.8. The number of hydrogen-bond donors (Lipinski definition) is 2. The summed E-state index contributed by atoms with van der Waals surface area (Å²) in [4.78, 5) is 40.8. The number of unbranched alkanes of at least 4 members (excludes halogenated alkanes) is 5. The van der Waals surface area contributed by atoms with Crippen molar-refractivity contribution < 1.29 is 19.7 Å². The van der Waals surface area contributed by atoms with Crippen LogP contribution < -0.4 is 10.9 Å². The molecule has 0 amide bonds. The molecule has 0 bridgehead atoms. The number of benzene rings is 2. The Labute approximate surface area is 203 Å². The van der Waals surface area contributed by atoms with Gasteiger partial charge in [-0.05, 0) is 37.8 Å². The molecule has 0 aliphatic rings. The van der Waals surface area contributed by atoms with Crippen LogP contribution in [0, 0.1) is 40.5 Å². The Bertz CT molecular complexity index is 1090. The summed E-state index contributed by atoms with van der Waals surface area (Å²) in [6.45, 7) is 0. The topological polar surface area (TPSA) is 221 Å². The third-order valence-electron chi connectivity index (χ3n) is 4.75. The fraction of sp³-hybridized carbons (Fsp3) is 0.300. The Morgan fingerprint density at radius 3 is 1.33 bits per heavy atom. The molecule has 190 valence electrons. The summed E-state index contributed by atoms with van der Waals surface area (Å²) in [5, 5.41) is 51.5. The van der Waals surface area contributed by atoms with E-state index in [1.165, 1.54) is 12.1 Å². The van der Waals surface area contributed by atoms with Crippen LogP contribution >= 0.6 is 0 Å². The number of non-ortho nitro benzene ring substituents is 2. The van der Waals surface area contributed by atoms with Gasteiger partial charge in [0.25, 0.3) is 11.4 Å². The molecular weight excluding hydrogens is 480 g/mol. The monoisotopic (exact) mass is 502 g/mol. The van der Waals surface area contributed by atoms with Gasteiger partial charge >= 0.3 is 11.4 Å². The fourth-order valence-corrected chi connectivity index (χ4v) is 2.94. The first kappa shape index (κ1) is 27.2. The normalized spacial score (nSPS) is 11.0. The number of hydrazone groups is 2. The van der Waals surface area contributed by atoms with Gasteiger partial charge < -0.3 is 0 Å². The minimum Gasteiger partial charge on any atom is -0.272 e. The zero-order valence-corrected chi connectivity index (χ0v) is 18.8. The van der Waals surface area contributed by atoms with Gasteiger partial charge in [0.15, 0.2) is 0 Å². The molecule has 0 aliphatic carbocycles. The summed E-state index contributed by atoms with van der Waals surface area (Å²) in [7, 11) is 0. The van der Waals surface area contributed by atoms with Crippen LogP contribution in [0.25, 0.3) is 0 Å². The van der Waals surface area contributed by atoms with Crippen LogP contribution in [0.4, 0.5) is 34.1 Å². The number of nitro benzene ring substituents is 4. The van der Waals surface area contributed by atoms with Crippen LogP contribution in [0.2, 0.25) is 0 Å². The van der Waals surface area contributed by atoms with Crippen LogP contribution in [0.5, 0.6) is 0 Å². The van der Waals surface area contributed by atoms with Crippen LogP contribution in [0.1, 0.15) is 38.5 Å². The zero-order chi connectivity index (χ0) is 26.5. The van der Waals surface area contributed by atoms with Crippen molar-refractivity contribution in [3.8, 4) is 0 Å². The molecule has 0 heterocycles. The van der Waals surface area contributed by atoms with Gasteiger partial charge in [-0.3, -0.25) is 51.3 Å². The predicted octanol–water partition coefficient (Wildman–Crippen LogP) is 5.16. The second-order valence-corrected chi connectivity index (χ2v) is 7.27. The van der Waals surface area contributed by atoms with Crippen LogP contribution in [0.15, 0.2) is 46.6 Å². The molecule has 0 aliphatic heterocycles. The van der Waals surface area contributed by atoms with Crippen molar-refractivity contribution in [2.75, 3.05) is 10.9 Å². The van der Waals surface area contributed by atoms with E-state index in [0.29, 0.717) is 12.8 Å². The maximum atomic E-state index is 11.1. The molecule has 2 N–H and O–H groups in total. The van der Waals surface area contributed by atoms with E-state index in [2.05, 4.69) is 21.1 Å². The predicted molar refractivity (Wildman–Crippen MR) is 131 cm³/mol. The van der Waals surface area contributed by atoms with Gasteiger partial charge in [0.05, 0.1) is 31.8 Å². The van der Waals surface area contributed by atoms with E-state index in [9.17, 15) is 40.5 Å². The second-order valence-electron chi connectivity index (χ2n) is 7.27. The summed E-state index contributed by atoms with van der Waals surface area (Å²) in [5.74, 6) is 0. The van der Waals surface area contributed by atoms with Gasteiger partial charge in [-0.1, -0.05) is 12.8 Å². The number of nitrogens with one attached hydrogen (secondary N) is 2. The van der Waals surface area contributed by atoms with Crippen molar-refractivity contribution in [3.05, 3.63) is 76.9 Å². The lowest BCUT2D eigenvalue weighted by atomic mass is 10.1. The molecule has 0 spiro atoms. The van der Waals surface area contributed by atoms with Crippen LogP contribution in [0.3, 0.4) is 0 Å². The van der Waals surface area contributed by atoms with Crippen molar-refractivity contribution >= 4 is 46.6 Å². The molecule has 0 aromatic heterocycles. The maximum Gasteiger partial charge on any atom is 0.301 e. The van der Waals surface area contributed by atoms with E-state index in [0.717, 1.165) is 49.9 Å². The Hall–Kier alpha value is -5.02. The molecule has 0 unspecified atom stereocenters. The van der Waals surface area contributed by atoms with E-state index in [-0.39, 0.29) is 22.7 Å². The number of rotatable bonds is 15. The average molecular weight is 502 g/mol. The molecule has 16 heteroatoms. The molecular formula is C20H22N8O8. The van der Waals surface area contributed by atoms with Gasteiger partial charge in [-0.25, -0.2) is 0 Å². The lowest BCUT2D eigenvalue weighted by Gasteiger charge is -2.02. The van der Waals surface area contributed by atoms with Crippen molar-refractivity contribution in [1.29, 1.82) is 0 Å². The summed E-state index contributed by atoms with van der Waals surface area (Å²) < 4.78 is 0. The van der Waals surface area contributed by atoms with Crippen molar-refractivity contribution in [1.82, 2.24) is 0 Å². The largest absolute Gasteiger partial charge is 0.301 e. The molecule has 2 rings (SSSR count). The SMILES string of the molecule is O=[N+]([O-])c1ccc(N/N=C\CCCCCC/C=N/Nc2ccc([N+](=O)[O-])cc2[N+](=O)[O-])c([N+](=O)[O-])c1. The Kier molecular flexibility index (Phi) is 10.3. The molecule has 2 aromatic carbocycles. The molecule has 0 saturated heterocycles. The first-order valence-corrected chi connectivity index (χ1v) is 10.6. The molecule has 16 nitrogen and oxygen atoms in total. The molecule has 36 heavy (non-hydrogen) atoms. The minimum absolute atomic E-state index is 0.0498. The maximum absolute atomic E-state index is 11.1. The lowest BCUT2D eigenvalue weighted by molar-refractivity contribution is -0.393. The molecule has 0 saturated carbocycles. The molecule has 0 atom stereocenters. The van der Waals surface area contributed by atoms with E-state index < -0.39 is 31.1 Å². The highest BCUT2D eigenvalue weighted by Crippen LogP contribution is 2.29. The number of hydrogen-bond acceptors (Lipinski definition) is 12. The fourth-order valence-electron chi connectivity index (χ4n) is 2.94. The summed E-state index contributed by atoms with van der Waals surface area (Å²) >= 11 is 0. The smallest absolute Gasteiger partial charge is 0.272 e. The van der Waals surface area contributed by atoms with Crippen LogP contribution in [-0.2, 0) is 0 Å². The van der Waals surface area contributed by atoms with E-state index in [1.54, 1.807) is 12.4 Å². The minimum atomic E-state index is -0.725.